The number of carbonyl (C=O) groups is 2. The third-order valence-corrected chi connectivity index (χ3v) is 6.79. The third-order valence-electron chi connectivity index (χ3n) is 6.79. The van der Waals surface area contributed by atoms with Crippen LogP contribution in [-0.2, 0) is 18.8 Å². The first-order valence-corrected chi connectivity index (χ1v) is 14.2. The van der Waals surface area contributed by atoms with Gasteiger partial charge in [-0.25, -0.2) is 29.5 Å². The number of hydrogen-bond donors (Lipinski definition) is 2. The molecule has 0 spiro atoms. The van der Waals surface area contributed by atoms with Crippen LogP contribution in [0.3, 0.4) is 0 Å². The molecule has 0 bridgehead atoms. The zero-order valence-electron chi connectivity index (χ0n) is 26.9. The molecule has 43 heavy (non-hydrogen) atoms. The van der Waals surface area contributed by atoms with Gasteiger partial charge >= 0.3 is 19.1 Å². The lowest BCUT2D eigenvalue weighted by Gasteiger charge is -2.32. The summed E-state index contributed by atoms with van der Waals surface area (Å²) in [6, 6.07) is 0. The Labute approximate surface area is 254 Å². The molecule has 0 saturated carbocycles. The molecule has 2 aromatic heterocycles. The normalized spacial score (nSPS) is 14.9. The number of nitrogens with zero attached hydrogens (tertiary/aromatic N) is 4. The molecule has 1 saturated heterocycles. The Bertz CT molecular complexity index is 1310. The highest BCUT2D eigenvalue weighted by Gasteiger charge is 2.49. The summed E-state index contributed by atoms with van der Waals surface area (Å²) in [4.78, 5) is 40.6. The van der Waals surface area contributed by atoms with Crippen molar-refractivity contribution in [1.82, 2.24) is 19.9 Å². The summed E-state index contributed by atoms with van der Waals surface area (Å²) in [6.07, 6.45) is 7.04. The Balaban J connectivity index is 0.000000329. The van der Waals surface area contributed by atoms with E-state index in [1.807, 2.05) is 39.7 Å². The second kappa shape index (κ2) is 15.5. The second-order valence-electron chi connectivity index (χ2n) is 10.6. The van der Waals surface area contributed by atoms with E-state index in [2.05, 4.69) is 36.5 Å². The second-order valence-corrected chi connectivity index (χ2v) is 10.6. The summed E-state index contributed by atoms with van der Waals surface area (Å²) in [5, 5.41) is 5.98. The Morgan fingerprint density at radius 2 is 1.21 bits per heavy atom. The summed E-state index contributed by atoms with van der Waals surface area (Å²) in [7, 11) is -0.377. The minimum Gasteiger partial charge on any atom is -0.462 e. The van der Waals surface area contributed by atoms with Crippen LogP contribution in [0.4, 0.5) is 11.9 Å². The van der Waals surface area contributed by atoms with Crippen molar-refractivity contribution in [2.45, 2.75) is 80.4 Å². The molecule has 0 aromatic carbocycles. The highest BCUT2D eigenvalue weighted by molar-refractivity contribution is 6.51. The fourth-order valence-electron chi connectivity index (χ4n) is 4.01. The first-order chi connectivity index (χ1) is 20.2. The molecule has 1 fully saturated rings. The molecule has 0 aliphatic carbocycles. The van der Waals surface area contributed by atoms with Crippen LogP contribution in [0, 0.1) is 40.0 Å². The minimum absolute atomic E-state index is 0.321. The van der Waals surface area contributed by atoms with Crippen LogP contribution in [0.5, 0.6) is 0 Å². The summed E-state index contributed by atoms with van der Waals surface area (Å²) >= 11 is 0. The van der Waals surface area contributed by atoms with Gasteiger partial charge in [-0.1, -0.05) is 18.0 Å². The van der Waals surface area contributed by atoms with Crippen LogP contribution in [0.1, 0.15) is 85.0 Å². The van der Waals surface area contributed by atoms with Gasteiger partial charge in [0.15, 0.2) is 0 Å². The van der Waals surface area contributed by atoms with Gasteiger partial charge in [0.2, 0.25) is 11.9 Å². The number of esters is 2. The van der Waals surface area contributed by atoms with Gasteiger partial charge in [-0.3, -0.25) is 0 Å². The highest BCUT2D eigenvalue weighted by atomic mass is 16.7. The Morgan fingerprint density at radius 3 is 1.58 bits per heavy atom. The Kier molecular flexibility index (Phi) is 12.6. The fraction of sp³-hybridized carbons (Fsp3) is 0.533. The molecule has 0 amide bonds. The predicted octanol–water partition coefficient (Wildman–Crippen LogP) is 4.18. The molecule has 2 N–H and O–H groups in total. The highest BCUT2D eigenvalue weighted by Crippen LogP contribution is 2.36. The van der Waals surface area contributed by atoms with E-state index in [1.54, 1.807) is 41.5 Å². The Hall–Kier alpha value is -4.02. The summed E-state index contributed by atoms with van der Waals surface area (Å²) in [5.41, 5.74) is 2.47. The van der Waals surface area contributed by atoms with E-state index in [0.717, 1.165) is 0 Å². The number of aromatic nitrogens is 4. The SMILES string of the molecule is C#CCNc1nc(C)c(C(=O)OCC)c(C)n1.CCOC(=O)c1c(C)nc(NC/C=C/B2OC(C)(C)C(C)(C)O2)nc1C. The van der Waals surface area contributed by atoms with Crippen molar-refractivity contribution in [2.75, 3.05) is 36.9 Å². The molecular weight excluding hydrogens is 551 g/mol. The first kappa shape index (κ1) is 35.2. The van der Waals surface area contributed by atoms with E-state index >= 15 is 0 Å². The maximum atomic E-state index is 11.9. The number of nitrogens with one attached hydrogen (secondary N) is 2. The molecule has 1 aliphatic heterocycles. The van der Waals surface area contributed by atoms with Crippen molar-refractivity contribution in [3.63, 3.8) is 0 Å². The molecule has 1 aliphatic rings. The van der Waals surface area contributed by atoms with Gasteiger partial charge in [0.1, 0.15) is 11.1 Å². The topological polar surface area (TPSA) is 147 Å². The van der Waals surface area contributed by atoms with Crippen molar-refractivity contribution in [2.24, 2.45) is 0 Å². The molecule has 12 nitrogen and oxygen atoms in total. The van der Waals surface area contributed by atoms with Crippen LogP contribution >= 0.6 is 0 Å². The van der Waals surface area contributed by atoms with Crippen LogP contribution in [0.2, 0.25) is 0 Å². The van der Waals surface area contributed by atoms with Crippen LogP contribution in [0.15, 0.2) is 12.1 Å². The van der Waals surface area contributed by atoms with Gasteiger partial charge in [-0.2, -0.15) is 0 Å². The zero-order valence-corrected chi connectivity index (χ0v) is 26.9. The van der Waals surface area contributed by atoms with E-state index in [0.29, 0.717) is 72.1 Å². The Morgan fingerprint density at radius 1 is 0.814 bits per heavy atom. The number of rotatable bonds is 10. The summed E-state index contributed by atoms with van der Waals surface area (Å²) < 4.78 is 21.8. The lowest BCUT2D eigenvalue weighted by molar-refractivity contribution is 0.00578. The molecule has 2 aromatic rings. The molecule has 13 heteroatoms. The molecule has 232 valence electrons. The number of hydrogen-bond acceptors (Lipinski definition) is 12. The quantitative estimate of drug-likeness (QED) is 0.231. The van der Waals surface area contributed by atoms with E-state index in [9.17, 15) is 9.59 Å². The smallest absolute Gasteiger partial charge is 0.462 e. The maximum Gasteiger partial charge on any atom is 0.486 e. The van der Waals surface area contributed by atoms with Crippen molar-refractivity contribution < 1.29 is 28.4 Å². The predicted molar refractivity (Wildman–Crippen MR) is 166 cm³/mol. The monoisotopic (exact) mass is 594 g/mol. The largest absolute Gasteiger partial charge is 0.486 e. The van der Waals surface area contributed by atoms with E-state index in [1.165, 1.54) is 0 Å². The van der Waals surface area contributed by atoms with Crippen molar-refractivity contribution in [1.29, 1.82) is 0 Å². The molecule has 3 heterocycles. The van der Waals surface area contributed by atoms with E-state index in [4.69, 9.17) is 25.2 Å². The minimum atomic E-state index is -0.397. The van der Waals surface area contributed by atoms with Gasteiger partial charge in [-0.15, -0.1) is 6.42 Å². The number of ether oxygens (including phenoxy) is 2. The van der Waals surface area contributed by atoms with Crippen LogP contribution in [0.25, 0.3) is 0 Å². The van der Waals surface area contributed by atoms with Gasteiger partial charge in [0.05, 0.1) is 53.7 Å². The van der Waals surface area contributed by atoms with Crippen LogP contribution < -0.4 is 10.6 Å². The summed E-state index contributed by atoms with van der Waals surface area (Å²) in [6.45, 7) is 20.1. The van der Waals surface area contributed by atoms with Crippen molar-refractivity contribution in [3.8, 4) is 12.3 Å². The molecule has 3 rings (SSSR count). The van der Waals surface area contributed by atoms with E-state index < -0.39 is 11.9 Å². The van der Waals surface area contributed by atoms with Gasteiger partial charge < -0.3 is 29.4 Å². The number of terminal acetylenes is 1. The third kappa shape index (κ3) is 9.49. The summed E-state index contributed by atoms with van der Waals surface area (Å²) in [5.74, 6) is 4.40. The van der Waals surface area contributed by atoms with Crippen LogP contribution in [-0.4, -0.2) is 76.5 Å². The van der Waals surface area contributed by atoms with Gasteiger partial charge in [0, 0.05) is 6.54 Å². The standard InChI is InChI=1S/C18H28BN3O4.C12H15N3O2/c1-8-24-15(23)14-12(2)21-16(22-13(14)3)20-11-9-10-19-25-17(4,5)18(6,7)26-19;1-5-7-13-12-14-8(3)10(9(4)15-12)11(16)17-6-2/h9-10H,8,11H2,1-7H3,(H,20,21,22);1H,6-7H2,2-4H3,(H,13,14,15)/b10-9+;. The first-order valence-electron chi connectivity index (χ1n) is 14.2. The lowest BCUT2D eigenvalue weighted by Crippen LogP contribution is -2.41. The number of carbonyl (C=O) groups excluding carboxylic acids is 2. The molecular formula is C30H43BN6O6. The molecule has 0 radical (unpaired) electrons. The van der Waals surface area contributed by atoms with Gasteiger partial charge in [0.25, 0.3) is 0 Å². The average molecular weight is 595 g/mol. The number of anilines is 2. The maximum absolute atomic E-state index is 11.9. The van der Waals surface area contributed by atoms with Gasteiger partial charge in [-0.05, 0) is 69.2 Å². The number of aryl methyl sites for hydroxylation is 4. The molecule has 0 unspecified atom stereocenters. The molecule has 0 atom stereocenters. The van der Waals surface area contributed by atoms with Crippen molar-refractivity contribution in [3.05, 3.63) is 46.0 Å². The lowest BCUT2D eigenvalue weighted by atomic mass is 9.90. The van der Waals surface area contributed by atoms with E-state index in [-0.39, 0.29) is 18.3 Å². The van der Waals surface area contributed by atoms with Crippen molar-refractivity contribution >= 4 is 31.0 Å². The average Bonchev–Trinajstić information content (AvgIpc) is 3.11. The fourth-order valence-corrected chi connectivity index (χ4v) is 4.01. The zero-order chi connectivity index (χ0) is 32.4.